The van der Waals surface area contributed by atoms with E-state index in [0.717, 1.165) is 30.6 Å². The van der Waals surface area contributed by atoms with Crippen molar-refractivity contribution in [2.45, 2.75) is 70.3 Å². The van der Waals surface area contributed by atoms with Crippen LogP contribution in [0, 0.1) is 18.8 Å². The average molecular weight is 581 g/mol. The Morgan fingerprint density at radius 3 is 2.59 bits per heavy atom. The molecule has 2 aromatic heterocycles. The van der Waals surface area contributed by atoms with Crippen LogP contribution in [0.3, 0.4) is 0 Å². The van der Waals surface area contributed by atoms with E-state index < -0.39 is 42.8 Å². The molecule has 0 unspecified atom stereocenters. The van der Waals surface area contributed by atoms with Crippen LogP contribution in [0.15, 0.2) is 28.9 Å². The molecular weight excluding hydrogens is 545 g/mol. The first kappa shape index (κ1) is 30.3. The van der Waals surface area contributed by atoms with Crippen LogP contribution in [0.1, 0.15) is 55.7 Å². The molecule has 3 heterocycles. The minimum Gasteiger partial charge on any atom is -0.382 e. The number of carbonyl (C=O) groups excluding carboxylic acids is 3. The highest BCUT2D eigenvalue weighted by atomic mass is 19.4. The Balaban J connectivity index is 1.50. The number of rotatable bonds is 10. The van der Waals surface area contributed by atoms with E-state index >= 15 is 0 Å². The van der Waals surface area contributed by atoms with Crippen LogP contribution in [0.5, 0.6) is 0 Å². The van der Waals surface area contributed by atoms with E-state index in [4.69, 9.17) is 9.26 Å². The minimum atomic E-state index is -4.59. The average Bonchev–Trinajstić information content (AvgIpc) is 3.51. The van der Waals surface area contributed by atoms with Crippen LogP contribution in [0.4, 0.5) is 23.8 Å². The minimum absolute atomic E-state index is 0.0481. The molecule has 0 radical (unpaired) electrons. The maximum Gasteiger partial charge on any atom is 0.410 e. The number of halogens is 3. The maximum atomic E-state index is 13.5. The van der Waals surface area contributed by atoms with Crippen LogP contribution in [-0.4, -0.2) is 71.4 Å². The number of ether oxygens (including phenoxy) is 1. The fourth-order valence-corrected chi connectivity index (χ4v) is 5.37. The van der Waals surface area contributed by atoms with Gasteiger partial charge in [-0.25, -0.2) is 9.78 Å². The van der Waals surface area contributed by atoms with Crippen LogP contribution < -0.4 is 16.0 Å². The van der Waals surface area contributed by atoms with Crippen LogP contribution in [0.2, 0.25) is 0 Å². The number of nitrogens with zero attached hydrogens (tertiary/aromatic N) is 3. The Morgan fingerprint density at radius 2 is 1.98 bits per heavy atom. The lowest BCUT2D eigenvalue weighted by molar-refractivity contribution is -0.150. The standard InChI is InChI=1S/C27H35F3N6O5/c1-15-4-6-17(7-5-15)24(34-23(37)12-19-10-16(2)41-35-19)25(38)33-22-11-18(8-9-31-22)20(14-40-3)36-13-21(27(28,29)30)32-26(36)39/h8-11,15,17,20-21,24H,4-7,12-14H2,1-3H3,(H,32,39)(H,34,37)(H,31,33,38)/t15?,17?,20-,21+,24+/m1/s1. The summed E-state index contributed by atoms with van der Waals surface area (Å²) < 4.78 is 50.0. The molecule has 14 heteroatoms. The third kappa shape index (κ3) is 7.75. The van der Waals surface area contributed by atoms with Crippen molar-refractivity contribution >= 4 is 23.7 Å². The molecule has 224 valence electrons. The maximum absolute atomic E-state index is 13.5. The van der Waals surface area contributed by atoms with Gasteiger partial charge in [0, 0.05) is 19.4 Å². The highest BCUT2D eigenvalue weighted by Gasteiger charge is 2.48. The predicted octanol–water partition coefficient (Wildman–Crippen LogP) is 3.51. The molecule has 41 heavy (non-hydrogen) atoms. The number of alkyl halides is 3. The molecule has 3 N–H and O–H groups in total. The van der Waals surface area contributed by atoms with E-state index in [0.29, 0.717) is 22.9 Å². The summed E-state index contributed by atoms with van der Waals surface area (Å²) >= 11 is 0. The second-order valence-electron chi connectivity index (χ2n) is 10.8. The first-order chi connectivity index (χ1) is 19.4. The van der Waals surface area contributed by atoms with E-state index in [-0.39, 0.29) is 30.7 Å². The van der Waals surface area contributed by atoms with Crippen molar-refractivity contribution < 1.29 is 36.8 Å². The summed E-state index contributed by atoms with van der Waals surface area (Å²) in [6.45, 7) is 3.21. The molecular formula is C27H35F3N6O5. The van der Waals surface area contributed by atoms with Crippen LogP contribution >= 0.6 is 0 Å². The lowest BCUT2D eigenvalue weighted by Crippen LogP contribution is -2.49. The van der Waals surface area contributed by atoms with Crippen LogP contribution in [0.25, 0.3) is 0 Å². The molecule has 1 saturated carbocycles. The van der Waals surface area contributed by atoms with Crippen molar-refractivity contribution in [1.29, 1.82) is 0 Å². The molecule has 3 atom stereocenters. The van der Waals surface area contributed by atoms with Gasteiger partial charge in [0.2, 0.25) is 11.8 Å². The Morgan fingerprint density at radius 1 is 1.24 bits per heavy atom. The zero-order valence-electron chi connectivity index (χ0n) is 23.2. The van der Waals surface area contributed by atoms with E-state index in [1.165, 1.54) is 19.4 Å². The summed E-state index contributed by atoms with van der Waals surface area (Å²) in [5.41, 5.74) is 0.886. The van der Waals surface area contributed by atoms with Gasteiger partial charge < -0.3 is 30.1 Å². The quantitative estimate of drug-likeness (QED) is 0.391. The summed E-state index contributed by atoms with van der Waals surface area (Å²) in [7, 11) is 1.38. The third-order valence-electron chi connectivity index (χ3n) is 7.60. The summed E-state index contributed by atoms with van der Waals surface area (Å²) in [6, 6.07) is 0.144. The van der Waals surface area contributed by atoms with Gasteiger partial charge in [-0.05, 0) is 49.3 Å². The number of hydrogen-bond donors (Lipinski definition) is 3. The summed E-state index contributed by atoms with van der Waals surface area (Å²) in [5.74, 6) is 0.305. The van der Waals surface area contributed by atoms with Crippen molar-refractivity contribution in [3.05, 3.63) is 41.4 Å². The van der Waals surface area contributed by atoms with Crippen molar-refractivity contribution in [1.82, 2.24) is 25.7 Å². The second-order valence-corrected chi connectivity index (χ2v) is 10.8. The topological polar surface area (TPSA) is 139 Å². The zero-order chi connectivity index (χ0) is 29.7. The number of pyridine rings is 1. The lowest BCUT2D eigenvalue weighted by atomic mass is 9.79. The molecule has 1 saturated heterocycles. The number of hydrogen-bond acceptors (Lipinski definition) is 7. The molecule has 11 nitrogen and oxygen atoms in total. The molecule has 2 aromatic rings. The number of aromatic nitrogens is 2. The van der Waals surface area contributed by atoms with Gasteiger partial charge in [-0.15, -0.1) is 0 Å². The molecule has 2 aliphatic rings. The van der Waals surface area contributed by atoms with Crippen molar-refractivity contribution in [2.24, 2.45) is 11.8 Å². The molecule has 2 fully saturated rings. The predicted molar refractivity (Wildman–Crippen MR) is 141 cm³/mol. The monoisotopic (exact) mass is 580 g/mol. The highest BCUT2D eigenvalue weighted by molar-refractivity contribution is 5.97. The van der Waals surface area contributed by atoms with Gasteiger partial charge >= 0.3 is 12.2 Å². The zero-order valence-corrected chi connectivity index (χ0v) is 23.2. The van der Waals surface area contributed by atoms with Gasteiger partial charge in [-0.1, -0.05) is 24.9 Å². The molecule has 4 amide bonds. The number of urea groups is 1. The van der Waals surface area contributed by atoms with Gasteiger partial charge in [-0.2, -0.15) is 13.2 Å². The van der Waals surface area contributed by atoms with Gasteiger partial charge in [-0.3, -0.25) is 9.59 Å². The normalized spacial score (nSPS) is 22.6. The van der Waals surface area contributed by atoms with Crippen molar-refractivity contribution in [2.75, 3.05) is 25.6 Å². The Kier molecular flexibility index (Phi) is 9.51. The first-order valence-electron chi connectivity index (χ1n) is 13.6. The fourth-order valence-electron chi connectivity index (χ4n) is 5.37. The largest absolute Gasteiger partial charge is 0.410 e. The summed E-state index contributed by atoms with van der Waals surface area (Å²) in [4.78, 5) is 44.1. The van der Waals surface area contributed by atoms with Gasteiger partial charge in [0.15, 0.2) is 0 Å². The van der Waals surface area contributed by atoms with Gasteiger partial charge in [0.25, 0.3) is 0 Å². The van der Waals surface area contributed by atoms with Gasteiger partial charge in [0.1, 0.15) is 23.7 Å². The number of anilines is 1. The fraction of sp³-hybridized carbons (Fsp3) is 0.593. The Bertz CT molecular complexity index is 1230. The Labute approximate surface area is 235 Å². The summed E-state index contributed by atoms with van der Waals surface area (Å²) in [5, 5.41) is 11.4. The molecule has 4 rings (SSSR count). The molecule has 0 bridgehead atoms. The van der Waals surface area contributed by atoms with Gasteiger partial charge in [0.05, 0.1) is 31.3 Å². The molecule has 0 aromatic carbocycles. The number of methoxy groups -OCH3 is 1. The molecule has 1 aliphatic heterocycles. The molecule has 0 spiro atoms. The lowest BCUT2D eigenvalue weighted by Gasteiger charge is -2.32. The van der Waals surface area contributed by atoms with E-state index in [9.17, 15) is 27.6 Å². The summed E-state index contributed by atoms with van der Waals surface area (Å²) in [6.07, 6.45) is 0.125. The van der Waals surface area contributed by atoms with Crippen molar-refractivity contribution in [3.8, 4) is 0 Å². The SMILES string of the molecule is COC[C@H](c1ccnc(NC(=O)[C@@H](NC(=O)Cc2cc(C)on2)C2CCC(C)CC2)c1)N1C[C@@H](C(F)(F)F)NC1=O. The Hall–Kier alpha value is -3.68. The van der Waals surface area contributed by atoms with E-state index in [1.54, 1.807) is 19.1 Å². The number of carbonyl (C=O) groups is 3. The van der Waals surface area contributed by atoms with E-state index in [2.05, 4.69) is 27.7 Å². The third-order valence-corrected chi connectivity index (χ3v) is 7.60. The number of nitrogens with one attached hydrogen (secondary N) is 3. The number of amides is 4. The van der Waals surface area contributed by atoms with Crippen LogP contribution in [-0.2, 0) is 20.7 Å². The smallest absolute Gasteiger partial charge is 0.382 e. The first-order valence-corrected chi connectivity index (χ1v) is 13.6. The second kappa shape index (κ2) is 12.9. The molecule has 1 aliphatic carbocycles. The van der Waals surface area contributed by atoms with Crippen molar-refractivity contribution in [3.63, 3.8) is 0 Å². The van der Waals surface area contributed by atoms with E-state index in [1.807, 2.05) is 5.32 Å². The number of aryl methyl sites for hydroxylation is 1. The highest BCUT2D eigenvalue weighted by Crippen LogP contribution is 2.32.